The Bertz CT molecular complexity index is 795. The molecular weight excluding hydrogens is 263 g/mol. The Morgan fingerprint density at radius 1 is 1.40 bits per heavy atom. The molecule has 0 fully saturated rings. The molecule has 20 heavy (non-hydrogen) atoms. The first kappa shape index (κ1) is 13.5. The third-order valence-electron chi connectivity index (χ3n) is 2.89. The molecule has 0 spiro atoms. The molecule has 0 saturated carbocycles. The van der Waals surface area contributed by atoms with Crippen LogP contribution in [0.1, 0.15) is 11.1 Å². The van der Waals surface area contributed by atoms with Crippen LogP contribution in [0.3, 0.4) is 0 Å². The summed E-state index contributed by atoms with van der Waals surface area (Å²) in [5.41, 5.74) is 4.04. The number of halogens is 1. The quantitative estimate of drug-likeness (QED) is 0.845. The minimum absolute atomic E-state index is 0.0776. The summed E-state index contributed by atoms with van der Waals surface area (Å²) < 4.78 is 15.9. The maximum Gasteiger partial charge on any atom is 0.331 e. The largest absolute Gasteiger partial charge is 0.393 e. The van der Waals surface area contributed by atoms with Crippen LogP contribution in [0.15, 0.2) is 34.0 Å². The number of nitrogens with two attached hydrogens (primary N) is 1. The Kier molecular flexibility index (Phi) is 3.39. The summed E-state index contributed by atoms with van der Waals surface area (Å²) in [4.78, 5) is 23.7. The van der Waals surface area contributed by atoms with Crippen molar-refractivity contribution in [3.8, 4) is 6.07 Å². The highest BCUT2D eigenvalue weighted by Gasteiger charge is 2.12. The van der Waals surface area contributed by atoms with Gasteiger partial charge in [0.05, 0.1) is 12.1 Å². The van der Waals surface area contributed by atoms with Gasteiger partial charge in [-0.3, -0.25) is 9.36 Å². The lowest BCUT2D eigenvalue weighted by atomic mass is 10.1. The van der Waals surface area contributed by atoms with E-state index in [4.69, 9.17) is 11.0 Å². The third-order valence-corrected chi connectivity index (χ3v) is 2.89. The summed E-state index contributed by atoms with van der Waals surface area (Å²) in [6.07, 6.45) is 1.21. The van der Waals surface area contributed by atoms with Crippen LogP contribution in [0.4, 0.5) is 10.1 Å². The number of nitriles is 1. The molecule has 0 unspecified atom stereocenters. The van der Waals surface area contributed by atoms with Gasteiger partial charge in [0.15, 0.2) is 0 Å². The second-order valence-electron chi connectivity index (χ2n) is 4.26. The zero-order chi connectivity index (χ0) is 14.9. The number of nitrogens with zero attached hydrogens (tertiary/aromatic N) is 3. The summed E-state index contributed by atoms with van der Waals surface area (Å²) >= 11 is 0. The van der Waals surface area contributed by atoms with Crippen molar-refractivity contribution in [3.05, 3.63) is 62.2 Å². The number of anilines is 1. The first-order valence-electron chi connectivity index (χ1n) is 5.69. The van der Waals surface area contributed by atoms with Gasteiger partial charge in [0, 0.05) is 18.8 Å². The minimum atomic E-state index is -0.744. The van der Waals surface area contributed by atoms with E-state index in [9.17, 15) is 14.0 Å². The second kappa shape index (κ2) is 5.01. The van der Waals surface area contributed by atoms with E-state index in [1.54, 1.807) is 6.07 Å². The smallest absolute Gasteiger partial charge is 0.331 e. The highest BCUT2D eigenvalue weighted by atomic mass is 19.1. The predicted molar refractivity (Wildman–Crippen MR) is 70.6 cm³/mol. The number of nitrogen functional groups attached to an aromatic ring is 1. The molecule has 2 aromatic rings. The fourth-order valence-corrected chi connectivity index (χ4v) is 1.85. The van der Waals surface area contributed by atoms with Gasteiger partial charge in [-0.1, -0.05) is 12.1 Å². The standard InChI is InChI=1S/C13H11FN4O2/c1-17-7-10(16)12(19)18(13(17)20)6-9-4-2-3-8(5-15)11(9)14/h2-4,7H,6,16H2,1H3. The summed E-state index contributed by atoms with van der Waals surface area (Å²) in [6, 6.07) is 5.91. The zero-order valence-electron chi connectivity index (χ0n) is 10.6. The van der Waals surface area contributed by atoms with Crippen LogP contribution in [0.5, 0.6) is 0 Å². The van der Waals surface area contributed by atoms with Gasteiger partial charge < -0.3 is 10.3 Å². The van der Waals surface area contributed by atoms with Crippen molar-refractivity contribution in [2.75, 3.05) is 5.73 Å². The number of hydrogen-bond acceptors (Lipinski definition) is 4. The maximum absolute atomic E-state index is 13.9. The molecule has 102 valence electrons. The Hall–Kier alpha value is -2.88. The molecule has 0 radical (unpaired) electrons. The number of aromatic nitrogens is 2. The SMILES string of the molecule is Cn1cc(N)c(=O)n(Cc2cccc(C#N)c2F)c1=O. The molecule has 0 bridgehead atoms. The van der Waals surface area contributed by atoms with Crippen LogP contribution < -0.4 is 17.0 Å². The van der Waals surface area contributed by atoms with Crippen molar-refractivity contribution in [2.45, 2.75) is 6.54 Å². The van der Waals surface area contributed by atoms with Gasteiger partial charge in [0.2, 0.25) is 0 Å². The number of benzene rings is 1. The van der Waals surface area contributed by atoms with Gasteiger partial charge in [-0.2, -0.15) is 5.26 Å². The number of rotatable bonds is 2. The first-order valence-corrected chi connectivity index (χ1v) is 5.69. The van der Waals surface area contributed by atoms with E-state index in [1.165, 1.54) is 31.4 Å². The number of hydrogen-bond donors (Lipinski definition) is 1. The van der Waals surface area contributed by atoms with E-state index in [1.807, 2.05) is 0 Å². The Morgan fingerprint density at radius 2 is 2.10 bits per heavy atom. The molecular formula is C13H11FN4O2. The van der Waals surface area contributed by atoms with Crippen molar-refractivity contribution < 1.29 is 4.39 Å². The van der Waals surface area contributed by atoms with Gasteiger partial charge in [0.1, 0.15) is 17.6 Å². The van der Waals surface area contributed by atoms with Crippen molar-refractivity contribution in [3.63, 3.8) is 0 Å². The van der Waals surface area contributed by atoms with Gasteiger partial charge in [-0.05, 0) is 6.07 Å². The molecule has 6 nitrogen and oxygen atoms in total. The van der Waals surface area contributed by atoms with Crippen molar-refractivity contribution in [2.24, 2.45) is 7.05 Å². The average Bonchev–Trinajstić information content (AvgIpc) is 2.43. The van der Waals surface area contributed by atoms with Crippen LogP contribution in [-0.2, 0) is 13.6 Å². The Labute approximate surface area is 113 Å². The minimum Gasteiger partial charge on any atom is -0.393 e. The summed E-state index contributed by atoms with van der Waals surface area (Å²) in [5, 5.41) is 8.76. The topological polar surface area (TPSA) is 93.8 Å². The molecule has 2 N–H and O–H groups in total. The molecule has 1 heterocycles. The van der Waals surface area contributed by atoms with Crippen LogP contribution in [0.25, 0.3) is 0 Å². The molecule has 0 amide bonds. The fraction of sp³-hybridized carbons (Fsp3) is 0.154. The average molecular weight is 274 g/mol. The molecule has 0 atom stereocenters. The summed E-state index contributed by atoms with van der Waals surface area (Å²) in [7, 11) is 1.44. The Balaban J connectivity index is 2.60. The molecule has 0 aliphatic rings. The van der Waals surface area contributed by atoms with E-state index in [2.05, 4.69) is 0 Å². The second-order valence-corrected chi connectivity index (χ2v) is 4.26. The van der Waals surface area contributed by atoms with Gasteiger partial charge >= 0.3 is 5.69 Å². The van der Waals surface area contributed by atoms with Crippen molar-refractivity contribution in [1.82, 2.24) is 9.13 Å². The lowest BCUT2D eigenvalue weighted by Gasteiger charge is -2.09. The van der Waals surface area contributed by atoms with Crippen LogP contribution in [-0.4, -0.2) is 9.13 Å². The van der Waals surface area contributed by atoms with Gasteiger partial charge in [-0.25, -0.2) is 9.18 Å². The third kappa shape index (κ3) is 2.19. The summed E-state index contributed by atoms with van der Waals surface area (Å²) in [6.45, 7) is -0.280. The molecule has 0 aliphatic heterocycles. The lowest BCUT2D eigenvalue weighted by Crippen LogP contribution is -2.40. The van der Waals surface area contributed by atoms with Crippen LogP contribution in [0.2, 0.25) is 0 Å². The molecule has 0 saturated heterocycles. The number of aryl methyl sites for hydroxylation is 1. The highest BCUT2D eigenvalue weighted by molar-refractivity contribution is 5.36. The predicted octanol–water partition coefficient (Wildman–Crippen LogP) is 0.188. The van der Waals surface area contributed by atoms with Crippen molar-refractivity contribution >= 4 is 5.69 Å². The maximum atomic E-state index is 13.9. The van der Waals surface area contributed by atoms with Gasteiger partial charge in [-0.15, -0.1) is 0 Å². The van der Waals surface area contributed by atoms with E-state index in [0.29, 0.717) is 0 Å². The zero-order valence-corrected chi connectivity index (χ0v) is 10.6. The van der Waals surface area contributed by atoms with E-state index in [-0.39, 0.29) is 23.4 Å². The molecule has 7 heteroatoms. The van der Waals surface area contributed by atoms with E-state index < -0.39 is 17.1 Å². The first-order chi connectivity index (χ1) is 9.45. The molecule has 0 aliphatic carbocycles. The van der Waals surface area contributed by atoms with E-state index in [0.717, 1.165) is 9.13 Å². The van der Waals surface area contributed by atoms with Crippen LogP contribution >= 0.6 is 0 Å². The summed E-state index contributed by atoms with van der Waals surface area (Å²) in [5.74, 6) is -0.744. The van der Waals surface area contributed by atoms with Crippen molar-refractivity contribution in [1.29, 1.82) is 5.26 Å². The van der Waals surface area contributed by atoms with Crippen LogP contribution in [0, 0.1) is 17.1 Å². The normalized spacial score (nSPS) is 10.2. The highest BCUT2D eigenvalue weighted by Crippen LogP contribution is 2.12. The molecule has 1 aromatic heterocycles. The molecule has 2 rings (SSSR count). The Morgan fingerprint density at radius 3 is 2.75 bits per heavy atom. The monoisotopic (exact) mass is 274 g/mol. The van der Waals surface area contributed by atoms with E-state index >= 15 is 0 Å². The van der Waals surface area contributed by atoms with Gasteiger partial charge in [0.25, 0.3) is 5.56 Å². The lowest BCUT2D eigenvalue weighted by molar-refractivity contribution is 0.576. The molecule has 1 aromatic carbocycles. The fourth-order valence-electron chi connectivity index (χ4n) is 1.85.